The van der Waals surface area contributed by atoms with Crippen LogP contribution in [0, 0.1) is 11.7 Å². The summed E-state index contributed by atoms with van der Waals surface area (Å²) in [5.41, 5.74) is -0.477. The van der Waals surface area contributed by atoms with Gasteiger partial charge in [0.25, 0.3) is 0 Å². The Balaban J connectivity index is 1.77. The zero-order valence-corrected chi connectivity index (χ0v) is 16.9. The van der Waals surface area contributed by atoms with E-state index in [1.165, 1.54) is 16.4 Å². The van der Waals surface area contributed by atoms with E-state index in [-0.39, 0.29) is 22.8 Å². The quantitative estimate of drug-likeness (QED) is 0.827. The number of nitrogens with zero attached hydrogens (tertiary/aromatic N) is 2. The fourth-order valence-corrected chi connectivity index (χ4v) is 5.60. The topological polar surface area (TPSA) is 69.7 Å². The van der Waals surface area contributed by atoms with Crippen molar-refractivity contribution in [1.29, 1.82) is 0 Å². The second-order valence-corrected chi connectivity index (χ2v) is 9.42. The molecule has 2 aliphatic rings. The number of amides is 1. The number of nitrogens with one attached hydrogen (secondary N) is 1. The van der Waals surface area contributed by atoms with Gasteiger partial charge in [-0.25, -0.2) is 12.8 Å². The summed E-state index contributed by atoms with van der Waals surface area (Å²) in [6, 6.07) is 4.69. The number of carbonyl (C=O) groups is 1. The Bertz CT molecular complexity index is 789. The van der Waals surface area contributed by atoms with E-state index in [1.54, 1.807) is 0 Å². The van der Waals surface area contributed by atoms with E-state index in [0.29, 0.717) is 32.5 Å². The van der Waals surface area contributed by atoms with Gasteiger partial charge in [0.05, 0.1) is 16.6 Å². The fourth-order valence-electron chi connectivity index (χ4n) is 4.15. The Morgan fingerprint density at radius 1 is 1.22 bits per heavy atom. The van der Waals surface area contributed by atoms with Crippen molar-refractivity contribution in [1.82, 2.24) is 14.5 Å². The van der Waals surface area contributed by atoms with Crippen molar-refractivity contribution in [3.05, 3.63) is 30.1 Å². The average Bonchev–Trinajstić information content (AvgIpc) is 2.93. The molecule has 0 saturated carbocycles. The van der Waals surface area contributed by atoms with Crippen LogP contribution in [0.3, 0.4) is 0 Å². The van der Waals surface area contributed by atoms with E-state index >= 15 is 0 Å². The van der Waals surface area contributed by atoms with Gasteiger partial charge in [-0.15, -0.1) is 0 Å². The molecule has 1 amide bonds. The Morgan fingerprint density at radius 2 is 1.81 bits per heavy atom. The number of benzene rings is 1. The minimum Gasteiger partial charge on any atom is -0.323 e. The molecule has 0 bridgehead atoms. The van der Waals surface area contributed by atoms with Crippen LogP contribution in [-0.4, -0.2) is 54.9 Å². The van der Waals surface area contributed by atoms with Crippen molar-refractivity contribution < 1.29 is 17.6 Å². The molecule has 0 radical (unpaired) electrons. The van der Waals surface area contributed by atoms with E-state index in [1.807, 2.05) is 11.8 Å². The number of carbonyl (C=O) groups excluding carboxylic acids is 1. The highest BCUT2D eigenvalue weighted by molar-refractivity contribution is 7.89. The van der Waals surface area contributed by atoms with Crippen LogP contribution in [0.25, 0.3) is 0 Å². The number of hydrogen-bond donors (Lipinski definition) is 1. The van der Waals surface area contributed by atoms with E-state index in [9.17, 15) is 17.6 Å². The maximum atomic E-state index is 13.1. The molecule has 2 atom stereocenters. The molecule has 2 heterocycles. The summed E-state index contributed by atoms with van der Waals surface area (Å²) in [5, 5.41) is 3.53. The van der Waals surface area contributed by atoms with Gasteiger partial charge in [-0.05, 0) is 49.9 Å². The van der Waals surface area contributed by atoms with E-state index in [2.05, 4.69) is 19.2 Å². The van der Waals surface area contributed by atoms with Crippen LogP contribution in [0.15, 0.2) is 29.2 Å². The van der Waals surface area contributed by atoms with Crippen LogP contribution in [-0.2, 0) is 14.8 Å². The number of piperidine rings is 1. The third-order valence-electron chi connectivity index (χ3n) is 6.00. The second kappa shape index (κ2) is 7.48. The molecule has 1 aromatic rings. The summed E-state index contributed by atoms with van der Waals surface area (Å²) < 4.78 is 40.2. The summed E-state index contributed by atoms with van der Waals surface area (Å²) in [7, 11) is -3.66. The number of halogens is 1. The van der Waals surface area contributed by atoms with Gasteiger partial charge in [0, 0.05) is 19.6 Å². The molecule has 2 saturated heterocycles. The van der Waals surface area contributed by atoms with Gasteiger partial charge in [-0.3, -0.25) is 10.1 Å². The van der Waals surface area contributed by atoms with Crippen molar-refractivity contribution in [2.45, 2.75) is 56.6 Å². The van der Waals surface area contributed by atoms with Gasteiger partial charge in [0.15, 0.2) is 0 Å². The lowest BCUT2D eigenvalue weighted by Gasteiger charge is -2.44. The minimum atomic E-state index is -3.66. The van der Waals surface area contributed by atoms with Gasteiger partial charge in [-0.2, -0.15) is 4.31 Å². The summed E-state index contributed by atoms with van der Waals surface area (Å²) in [6.07, 6.45) is 1.99. The predicted octanol–water partition coefficient (Wildman–Crippen LogP) is 2.17. The highest BCUT2D eigenvalue weighted by Gasteiger charge is 2.52. The normalized spacial score (nSPS) is 24.5. The van der Waals surface area contributed by atoms with Crippen LogP contribution in [0.1, 0.15) is 40.0 Å². The molecular weight excluding hydrogens is 369 g/mol. The first kappa shape index (κ1) is 20.2. The Morgan fingerprint density at radius 3 is 2.33 bits per heavy atom. The smallest absolute Gasteiger partial charge is 0.243 e. The van der Waals surface area contributed by atoms with Crippen molar-refractivity contribution in [3.8, 4) is 0 Å². The second-order valence-electron chi connectivity index (χ2n) is 7.48. The average molecular weight is 398 g/mol. The van der Waals surface area contributed by atoms with Crippen LogP contribution in [0.4, 0.5) is 4.39 Å². The summed E-state index contributed by atoms with van der Waals surface area (Å²) in [4.78, 5) is 14.8. The first-order valence-electron chi connectivity index (χ1n) is 9.60. The van der Waals surface area contributed by atoms with Crippen LogP contribution >= 0.6 is 0 Å². The summed E-state index contributed by atoms with van der Waals surface area (Å²) in [5.74, 6) is -0.122. The highest BCUT2D eigenvalue weighted by atomic mass is 32.2. The van der Waals surface area contributed by atoms with Crippen molar-refractivity contribution in [2.75, 3.05) is 19.6 Å². The molecule has 2 fully saturated rings. The third kappa shape index (κ3) is 3.50. The predicted molar refractivity (Wildman–Crippen MR) is 101 cm³/mol. The van der Waals surface area contributed by atoms with Gasteiger partial charge in [0.1, 0.15) is 5.82 Å². The maximum Gasteiger partial charge on any atom is 0.243 e. The molecule has 27 heavy (non-hydrogen) atoms. The third-order valence-corrected chi connectivity index (χ3v) is 7.92. The van der Waals surface area contributed by atoms with Crippen molar-refractivity contribution >= 4 is 15.9 Å². The minimum absolute atomic E-state index is 0.0973. The van der Waals surface area contributed by atoms with Crippen LogP contribution < -0.4 is 5.32 Å². The number of sulfonamides is 1. The summed E-state index contributed by atoms with van der Waals surface area (Å²) >= 11 is 0. The van der Waals surface area contributed by atoms with Crippen molar-refractivity contribution in [3.63, 3.8) is 0 Å². The molecule has 1 aromatic carbocycles. The first-order chi connectivity index (χ1) is 12.7. The van der Waals surface area contributed by atoms with Crippen LogP contribution in [0.5, 0.6) is 0 Å². The molecule has 0 unspecified atom stereocenters. The van der Waals surface area contributed by atoms with Gasteiger partial charge in [-0.1, -0.05) is 20.3 Å². The highest BCUT2D eigenvalue weighted by Crippen LogP contribution is 2.36. The SMILES string of the molecule is CC[C@@H](C)[C@H]1NC2(CCN(S(=O)(=O)c3ccc(F)cc3)CC2)N(CC)C1=O. The molecule has 8 heteroatoms. The Kier molecular flexibility index (Phi) is 5.61. The first-order valence-corrected chi connectivity index (χ1v) is 11.0. The molecule has 1 N–H and O–H groups in total. The zero-order chi connectivity index (χ0) is 19.8. The molecule has 3 rings (SSSR count). The van der Waals surface area contributed by atoms with E-state index < -0.39 is 21.5 Å². The van der Waals surface area contributed by atoms with Crippen LogP contribution in [0.2, 0.25) is 0 Å². The number of likely N-dealkylation sites (N-methyl/N-ethyl adjacent to an activating group) is 1. The van der Waals surface area contributed by atoms with E-state index in [4.69, 9.17) is 0 Å². The fraction of sp³-hybridized carbons (Fsp3) is 0.632. The molecule has 0 aromatic heterocycles. The molecule has 2 aliphatic heterocycles. The van der Waals surface area contributed by atoms with Crippen molar-refractivity contribution in [2.24, 2.45) is 5.92 Å². The molecule has 150 valence electrons. The standard InChI is InChI=1S/C19H28FN3O3S/c1-4-14(3)17-18(24)23(5-2)19(21-17)10-12-22(13-11-19)27(25,26)16-8-6-15(20)7-9-16/h6-9,14,17,21H,4-5,10-13H2,1-3H3/t14-,17-/m1/s1. The van der Waals surface area contributed by atoms with E-state index in [0.717, 1.165) is 18.6 Å². The molecular formula is C19H28FN3O3S. The lowest BCUT2D eigenvalue weighted by atomic mass is 9.96. The number of hydrogen-bond acceptors (Lipinski definition) is 4. The summed E-state index contributed by atoms with van der Waals surface area (Å²) in [6.45, 7) is 7.34. The largest absolute Gasteiger partial charge is 0.323 e. The molecule has 0 aliphatic carbocycles. The van der Waals surface area contributed by atoms with Gasteiger partial charge in [0.2, 0.25) is 15.9 Å². The lowest BCUT2D eigenvalue weighted by Crippen LogP contribution is -2.59. The Hall–Kier alpha value is -1.51. The molecule has 1 spiro atoms. The molecule has 6 nitrogen and oxygen atoms in total. The number of rotatable bonds is 5. The zero-order valence-electron chi connectivity index (χ0n) is 16.1. The monoisotopic (exact) mass is 397 g/mol. The Labute approximate surface area is 160 Å². The van der Waals surface area contributed by atoms with Gasteiger partial charge < -0.3 is 4.90 Å². The maximum absolute atomic E-state index is 13.1. The van der Waals surface area contributed by atoms with Gasteiger partial charge >= 0.3 is 0 Å². The lowest BCUT2D eigenvalue weighted by molar-refractivity contribution is -0.133.